The second-order valence-electron chi connectivity index (χ2n) is 6.70. The molecule has 0 radical (unpaired) electrons. The molecule has 7 heteroatoms. The average molecular weight is 430 g/mol. The first kappa shape index (κ1) is 35.6. The predicted molar refractivity (Wildman–Crippen MR) is 130 cm³/mol. The Labute approximate surface area is 178 Å². The number of nitrogens with zero attached hydrogens (tertiary/aromatic N) is 3. The van der Waals surface area contributed by atoms with Gasteiger partial charge in [0.1, 0.15) is 0 Å². The van der Waals surface area contributed by atoms with Gasteiger partial charge in [0, 0.05) is 0 Å². The number of hydrogen-bond acceptors (Lipinski definition) is 6. The van der Waals surface area contributed by atoms with Crippen LogP contribution in [0.2, 0.25) is 0 Å². The molecular formula is C21H56N3O3P. The van der Waals surface area contributed by atoms with Crippen LogP contribution in [-0.2, 0) is 0 Å². The van der Waals surface area contributed by atoms with Crippen molar-refractivity contribution in [2.45, 2.75) is 81.8 Å². The fraction of sp³-hybridized carbons (Fsp3) is 1.00. The van der Waals surface area contributed by atoms with Crippen molar-refractivity contribution >= 4 is 7.94 Å². The Hall–Kier alpha value is 0.190. The van der Waals surface area contributed by atoms with Gasteiger partial charge in [-0.25, -0.2) is 0 Å². The molecule has 6 nitrogen and oxygen atoms in total. The zero-order valence-electron chi connectivity index (χ0n) is 21.1. The molecule has 0 amide bonds. The Morgan fingerprint density at radius 2 is 0.571 bits per heavy atom. The maximum absolute atomic E-state index is 8.34. The summed E-state index contributed by atoms with van der Waals surface area (Å²) in [6, 6.07) is 0. The van der Waals surface area contributed by atoms with Gasteiger partial charge in [-0.3, -0.25) is 0 Å². The van der Waals surface area contributed by atoms with Gasteiger partial charge in [-0.2, -0.15) is 0 Å². The van der Waals surface area contributed by atoms with Gasteiger partial charge in [-0.1, -0.05) is 62.3 Å². The largest absolute Gasteiger partial charge is 0.304 e. The summed E-state index contributed by atoms with van der Waals surface area (Å²) in [5.41, 5.74) is -0.396. The van der Waals surface area contributed by atoms with E-state index >= 15 is 0 Å². The van der Waals surface area contributed by atoms with Crippen LogP contribution in [0.15, 0.2) is 0 Å². The summed E-state index contributed by atoms with van der Waals surface area (Å²) >= 11 is 0. The molecule has 0 bridgehead atoms. The van der Waals surface area contributed by atoms with Crippen LogP contribution in [0.3, 0.4) is 0 Å². The molecule has 178 valence electrons. The van der Waals surface area contributed by atoms with Crippen LogP contribution in [-0.4, -0.2) is 93.9 Å². The van der Waals surface area contributed by atoms with Crippen molar-refractivity contribution in [2.75, 3.05) is 58.9 Å². The van der Waals surface area contributed by atoms with Crippen LogP contribution in [0.25, 0.3) is 0 Å². The second-order valence-corrected chi connectivity index (χ2v) is 9.23. The molecule has 28 heavy (non-hydrogen) atoms. The Bertz CT molecular complexity index is 221. The van der Waals surface area contributed by atoms with E-state index in [2.05, 4.69) is 77.0 Å². The molecule has 0 saturated carbocycles. The Morgan fingerprint density at radius 3 is 0.571 bits per heavy atom. The summed E-state index contributed by atoms with van der Waals surface area (Å²) in [7, 11) is -3.73. The molecular weight excluding hydrogens is 373 g/mol. The molecule has 0 fully saturated rings. The van der Waals surface area contributed by atoms with Crippen LogP contribution in [0.5, 0.6) is 0 Å². The van der Waals surface area contributed by atoms with Crippen molar-refractivity contribution in [1.29, 1.82) is 0 Å². The molecule has 0 aliphatic carbocycles. The SMILES string of the molecule is CC(C)[PH](O)(O)O.CCN(CC)CC.CCN(CC)CC.CCN(CC)CC. The quantitative estimate of drug-likeness (QED) is 0.458. The third-order valence-corrected chi connectivity index (χ3v) is 6.35. The van der Waals surface area contributed by atoms with E-state index in [0.717, 1.165) is 0 Å². The van der Waals surface area contributed by atoms with Gasteiger partial charge in [0.25, 0.3) is 0 Å². The summed E-state index contributed by atoms with van der Waals surface area (Å²) in [6.07, 6.45) is 0. The van der Waals surface area contributed by atoms with Gasteiger partial charge in [0.2, 0.25) is 0 Å². The van der Waals surface area contributed by atoms with E-state index in [4.69, 9.17) is 14.7 Å². The van der Waals surface area contributed by atoms with E-state index in [0.29, 0.717) is 0 Å². The van der Waals surface area contributed by atoms with Crippen molar-refractivity contribution < 1.29 is 14.7 Å². The molecule has 0 spiro atoms. The van der Waals surface area contributed by atoms with E-state index in [9.17, 15) is 0 Å². The number of rotatable bonds is 10. The van der Waals surface area contributed by atoms with Crippen molar-refractivity contribution in [2.24, 2.45) is 0 Å². The van der Waals surface area contributed by atoms with Gasteiger partial charge in [-0.15, -0.1) is 0 Å². The van der Waals surface area contributed by atoms with Gasteiger partial charge >= 0.3 is 42.1 Å². The maximum atomic E-state index is 8.34. The molecule has 0 heterocycles. The van der Waals surface area contributed by atoms with Gasteiger partial charge in [-0.05, 0) is 58.9 Å². The Kier molecular flexibility index (Phi) is 32.1. The molecule has 0 aliphatic heterocycles. The van der Waals surface area contributed by atoms with E-state index in [1.54, 1.807) is 13.8 Å². The summed E-state index contributed by atoms with van der Waals surface area (Å²) in [5, 5.41) is 0. The molecule has 0 aromatic carbocycles. The fourth-order valence-corrected chi connectivity index (χ4v) is 2.01. The minimum Gasteiger partial charge on any atom is -0.304 e. The van der Waals surface area contributed by atoms with Crippen molar-refractivity contribution in [3.63, 3.8) is 0 Å². The molecule has 0 aliphatic rings. The minimum absolute atomic E-state index is 0.396. The van der Waals surface area contributed by atoms with Crippen LogP contribution < -0.4 is 0 Å². The first-order valence-corrected chi connectivity index (χ1v) is 13.2. The first-order valence-electron chi connectivity index (χ1n) is 11.3. The van der Waals surface area contributed by atoms with Gasteiger partial charge in [0.05, 0.1) is 0 Å². The van der Waals surface area contributed by atoms with Gasteiger partial charge < -0.3 is 14.7 Å². The van der Waals surface area contributed by atoms with Crippen molar-refractivity contribution in [3.8, 4) is 0 Å². The molecule has 0 atom stereocenters. The third-order valence-electron chi connectivity index (χ3n) is 4.80. The van der Waals surface area contributed by atoms with E-state index < -0.39 is 13.6 Å². The summed E-state index contributed by atoms with van der Waals surface area (Å²) in [4.78, 5) is 32.2. The molecule has 3 N–H and O–H groups in total. The van der Waals surface area contributed by atoms with E-state index in [1.807, 2.05) is 0 Å². The molecule has 0 aromatic rings. The predicted octanol–water partition coefficient (Wildman–Crippen LogP) is 3.91. The molecule has 0 saturated heterocycles. The van der Waals surface area contributed by atoms with E-state index in [1.165, 1.54) is 58.9 Å². The summed E-state index contributed by atoms with van der Waals surface area (Å²) < 4.78 is 0. The fourth-order valence-electron chi connectivity index (χ4n) is 2.01. The Morgan fingerprint density at radius 1 is 0.464 bits per heavy atom. The zero-order valence-corrected chi connectivity index (χ0v) is 22.1. The zero-order chi connectivity index (χ0) is 23.2. The minimum atomic E-state index is -3.73. The van der Waals surface area contributed by atoms with Crippen LogP contribution in [0.1, 0.15) is 76.2 Å². The smallest absolute Gasteiger partial charge is 0.00474 e. The van der Waals surface area contributed by atoms with Gasteiger partial charge in [0.15, 0.2) is 0 Å². The number of hydrogen-bond donors (Lipinski definition) is 3. The van der Waals surface area contributed by atoms with Crippen LogP contribution >= 0.6 is 7.94 Å². The summed E-state index contributed by atoms with van der Waals surface area (Å²) in [5.74, 6) is 0. The first-order chi connectivity index (χ1) is 13.0. The maximum Gasteiger partial charge on any atom is -0.00474 e. The average Bonchev–Trinajstić information content (AvgIpc) is 2.67. The second kappa shape index (κ2) is 25.2. The van der Waals surface area contributed by atoms with Crippen LogP contribution in [0, 0.1) is 0 Å². The molecule has 0 aromatic heterocycles. The Balaban J connectivity index is -0.000000137. The normalized spacial score (nSPS) is 11.5. The van der Waals surface area contributed by atoms with Crippen LogP contribution in [0.4, 0.5) is 0 Å². The third kappa shape index (κ3) is 28.4. The standard InChI is InChI=1S/3C6H15N.C3H11O3P/c3*1-4-7(5-2)6-3;1-3(2)7(4,5)6/h3*4-6H2,1-3H3;3-7H,1-2H3. The molecule has 0 rings (SSSR count). The van der Waals surface area contributed by atoms with Crippen molar-refractivity contribution in [1.82, 2.24) is 14.7 Å². The van der Waals surface area contributed by atoms with Crippen molar-refractivity contribution in [3.05, 3.63) is 0 Å². The summed E-state index contributed by atoms with van der Waals surface area (Å²) in [6.45, 7) is 33.5. The van der Waals surface area contributed by atoms with E-state index in [-0.39, 0.29) is 0 Å². The topological polar surface area (TPSA) is 70.4 Å². The molecule has 0 unspecified atom stereocenters. The monoisotopic (exact) mass is 429 g/mol.